The average molecular weight is 628 g/mol. The number of likely N-dealkylation sites (tertiary alicyclic amines) is 1. The number of amides is 3. The van der Waals surface area contributed by atoms with Gasteiger partial charge in [0.05, 0.1) is 36.7 Å². The first-order valence-electron chi connectivity index (χ1n) is 16.5. The van der Waals surface area contributed by atoms with Crippen molar-refractivity contribution in [1.29, 1.82) is 0 Å². The molecule has 1 unspecified atom stereocenters. The molecule has 0 bridgehead atoms. The van der Waals surface area contributed by atoms with Crippen LogP contribution in [0.25, 0.3) is 0 Å². The molecular formula is C37H45N3O6. The molecule has 6 atom stereocenters. The van der Waals surface area contributed by atoms with Crippen molar-refractivity contribution in [3.8, 4) is 5.75 Å². The van der Waals surface area contributed by atoms with E-state index < -0.39 is 35.1 Å². The van der Waals surface area contributed by atoms with Crippen molar-refractivity contribution < 1.29 is 29.0 Å². The summed E-state index contributed by atoms with van der Waals surface area (Å²) in [7, 11) is 0. The Labute approximate surface area is 271 Å². The van der Waals surface area contributed by atoms with Gasteiger partial charge in [-0.05, 0) is 68.5 Å². The zero-order valence-electron chi connectivity index (χ0n) is 27.6. The van der Waals surface area contributed by atoms with E-state index in [9.17, 15) is 19.5 Å². The number of hydrogen-bond donors (Lipinski definition) is 1. The van der Waals surface area contributed by atoms with Crippen molar-refractivity contribution in [2.75, 3.05) is 36.1 Å². The highest BCUT2D eigenvalue weighted by Gasteiger charge is 2.76. The molecule has 9 nitrogen and oxygen atoms in total. The van der Waals surface area contributed by atoms with E-state index >= 15 is 0 Å². The lowest BCUT2D eigenvalue weighted by Crippen LogP contribution is -2.60. The smallest absolute Gasteiger partial charge is 0.253 e. The van der Waals surface area contributed by atoms with E-state index in [2.05, 4.69) is 0 Å². The Morgan fingerprint density at radius 2 is 1.54 bits per heavy atom. The summed E-state index contributed by atoms with van der Waals surface area (Å²) in [4.78, 5) is 49.7. The van der Waals surface area contributed by atoms with Gasteiger partial charge in [-0.1, -0.05) is 63.3 Å². The Morgan fingerprint density at radius 3 is 2.15 bits per heavy atom. The summed E-state index contributed by atoms with van der Waals surface area (Å²) in [5.41, 5.74) is 0.856. The zero-order chi connectivity index (χ0) is 33.0. The summed E-state index contributed by atoms with van der Waals surface area (Å²) in [5.74, 6) is -2.15. The second kappa shape index (κ2) is 12.0. The number of fused-ring (bicyclic) bond motifs is 2. The minimum atomic E-state index is -1.41. The third-order valence-electron chi connectivity index (χ3n) is 10.4. The monoisotopic (exact) mass is 627 g/mol. The largest absolute Gasteiger partial charge is 0.494 e. The molecule has 4 heterocycles. The van der Waals surface area contributed by atoms with Gasteiger partial charge >= 0.3 is 0 Å². The highest BCUT2D eigenvalue weighted by atomic mass is 16.5. The fourth-order valence-electron chi connectivity index (χ4n) is 8.23. The van der Waals surface area contributed by atoms with E-state index in [0.717, 1.165) is 16.8 Å². The Kier molecular flexibility index (Phi) is 8.36. The van der Waals surface area contributed by atoms with E-state index in [1.54, 1.807) is 14.7 Å². The Bertz CT molecular complexity index is 1560. The number of ether oxygens (including phenoxy) is 2. The lowest BCUT2D eigenvalue weighted by atomic mass is 9.73. The van der Waals surface area contributed by atoms with Crippen LogP contribution in [0, 0.1) is 31.6 Å². The number of aliphatic hydroxyl groups is 1. The number of hydrogen-bond acceptors (Lipinski definition) is 6. The molecule has 3 amide bonds. The van der Waals surface area contributed by atoms with Crippen molar-refractivity contribution >= 4 is 29.1 Å². The molecule has 0 aromatic heterocycles. The van der Waals surface area contributed by atoms with Gasteiger partial charge in [-0.15, -0.1) is 0 Å². The van der Waals surface area contributed by atoms with Crippen molar-refractivity contribution in [3.05, 3.63) is 77.9 Å². The highest BCUT2D eigenvalue weighted by Crippen LogP contribution is 2.59. The van der Waals surface area contributed by atoms with Crippen molar-refractivity contribution in [2.24, 2.45) is 17.8 Å². The van der Waals surface area contributed by atoms with Crippen LogP contribution < -0.4 is 14.5 Å². The third-order valence-corrected chi connectivity index (χ3v) is 10.4. The second-order valence-corrected chi connectivity index (χ2v) is 13.2. The first kappa shape index (κ1) is 32.0. The molecule has 46 heavy (non-hydrogen) atoms. The molecule has 2 saturated heterocycles. The lowest BCUT2D eigenvalue weighted by molar-refractivity contribution is -0.150. The molecule has 6 rings (SSSR count). The van der Waals surface area contributed by atoms with E-state index in [0.29, 0.717) is 31.0 Å². The van der Waals surface area contributed by atoms with Crippen LogP contribution in [-0.4, -0.2) is 77.3 Å². The molecule has 2 fully saturated rings. The predicted molar refractivity (Wildman–Crippen MR) is 177 cm³/mol. The van der Waals surface area contributed by atoms with Crippen LogP contribution in [0.4, 0.5) is 11.4 Å². The number of anilines is 2. The van der Waals surface area contributed by atoms with Gasteiger partial charge in [0.25, 0.3) is 5.91 Å². The number of carbonyl (C=O) groups is 3. The molecule has 4 aliphatic rings. The number of benzene rings is 2. The molecule has 0 saturated carbocycles. The number of aryl methyl sites for hydroxylation is 2. The van der Waals surface area contributed by atoms with E-state index in [1.165, 1.54) is 0 Å². The van der Waals surface area contributed by atoms with Crippen LogP contribution in [0.5, 0.6) is 5.75 Å². The summed E-state index contributed by atoms with van der Waals surface area (Å²) in [6.45, 7) is 12.5. The summed E-state index contributed by atoms with van der Waals surface area (Å²) in [5, 5.41) is 10.7. The van der Waals surface area contributed by atoms with Crippen molar-refractivity contribution in [2.45, 2.75) is 71.2 Å². The third kappa shape index (κ3) is 4.70. The Hall–Kier alpha value is -3.95. The van der Waals surface area contributed by atoms with Gasteiger partial charge in [0.2, 0.25) is 11.8 Å². The van der Waals surface area contributed by atoms with E-state index in [-0.39, 0.29) is 36.8 Å². The van der Waals surface area contributed by atoms with Gasteiger partial charge in [0.1, 0.15) is 17.4 Å². The maximum Gasteiger partial charge on any atom is 0.253 e. The molecule has 4 aliphatic heterocycles. The normalized spacial score (nSPS) is 29.5. The van der Waals surface area contributed by atoms with Crippen LogP contribution >= 0.6 is 0 Å². The second-order valence-electron chi connectivity index (χ2n) is 13.2. The van der Waals surface area contributed by atoms with Crippen LogP contribution in [0.3, 0.4) is 0 Å². The number of para-hydroxylation sites is 1. The minimum Gasteiger partial charge on any atom is -0.494 e. The molecule has 0 aliphatic carbocycles. The SMILES string of the molecule is CCOc1ccc(N2CC=C[C@@]3(CC)O[C@]45C=CCN(c6c(C)cccc6C)C(=O)C4N([C@@H](CO)C(C)C)C(=O)[C@@H]5[C@H]3C2=O)cc1. The highest BCUT2D eigenvalue weighted by molar-refractivity contribution is 6.08. The molecule has 2 aromatic rings. The number of carbonyl (C=O) groups excluding carboxylic acids is 3. The summed E-state index contributed by atoms with van der Waals surface area (Å²) >= 11 is 0. The van der Waals surface area contributed by atoms with Crippen molar-refractivity contribution in [1.82, 2.24) is 4.90 Å². The lowest BCUT2D eigenvalue weighted by Gasteiger charge is -2.42. The minimum absolute atomic E-state index is 0.153. The van der Waals surface area contributed by atoms with Crippen LogP contribution in [0.15, 0.2) is 66.8 Å². The Balaban J connectivity index is 1.51. The van der Waals surface area contributed by atoms with Gasteiger partial charge in [-0.25, -0.2) is 0 Å². The molecular weight excluding hydrogens is 582 g/mol. The first-order valence-corrected chi connectivity index (χ1v) is 16.5. The van der Waals surface area contributed by atoms with Gasteiger partial charge in [0.15, 0.2) is 0 Å². The quantitative estimate of drug-likeness (QED) is 0.430. The summed E-state index contributed by atoms with van der Waals surface area (Å²) in [6, 6.07) is 11.6. The van der Waals surface area contributed by atoms with Gasteiger partial charge < -0.3 is 29.3 Å². The van der Waals surface area contributed by atoms with Crippen LogP contribution in [0.1, 0.15) is 45.2 Å². The Morgan fingerprint density at radius 1 is 0.891 bits per heavy atom. The zero-order valence-corrected chi connectivity index (χ0v) is 27.6. The summed E-state index contributed by atoms with van der Waals surface area (Å²) < 4.78 is 12.8. The fourth-order valence-corrected chi connectivity index (χ4v) is 8.23. The molecule has 9 heteroatoms. The molecule has 0 radical (unpaired) electrons. The van der Waals surface area contributed by atoms with Gasteiger partial charge in [-0.2, -0.15) is 0 Å². The first-order chi connectivity index (χ1) is 22.0. The average Bonchev–Trinajstić information content (AvgIpc) is 3.32. The maximum atomic E-state index is 15.0. The van der Waals surface area contributed by atoms with E-state index in [4.69, 9.17) is 9.47 Å². The summed E-state index contributed by atoms with van der Waals surface area (Å²) in [6.07, 6.45) is 8.08. The number of nitrogens with zero attached hydrogens (tertiary/aromatic N) is 3. The van der Waals surface area contributed by atoms with Crippen molar-refractivity contribution in [3.63, 3.8) is 0 Å². The maximum absolute atomic E-state index is 15.0. The van der Waals surface area contributed by atoms with Crippen LogP contribution in [0.2, 0.25) is 0 Å². The topological polar surface area (TPSA) is 99.6 Å². The standard InChI is InChI=1S/C37H45N3O6/c1-7-36-18-10-20-38(26-14-16-27(17-15-26)45-8-2)33(42)29(36)30-34(43)40(28(22-41)23(3)4)32-35(44)39(21-11-19-37(30,32)46-36)31-24(5)12-9-13-25(31)6/h9-19,23,28-30,32,41H,7-8,20-22H2,1-6H3/t28-,29-,30-,32?,36+,37-/m0/s1. The number of rotatable bonds is 8. The van der Waals surface area contributed by atoms with Gasteiger partial charge in [-0.3, -0.25) is 14.4 Å². The predicted octanol–water partition coefficient (Wildman–Crippen LogP) is 4.59. The van der Waals surface area contributed by atoms with Crippen LogP contribution in [-0.2, 0) is 19.1 Å². The fraction of sp³-hybridized carbons (Fsp3) is 0.486. The molecule has 2 aromatic carbocycles. The number of aliphatic hydroxyl groups excluding tert-OH is 1. The molecule has 244 valence electrons. The van der Waals surface area contributed by atoms with Gasteiger partial charge in [0, 0.05) is 24.5 Å². The molecule has 1 spiro atoms. The van der Waals surface area contributed by atoms with E-state index in [1.807, 2.05) is 108 Å². The molecule has 1 N–H and O–H groups in total.